The fraction of sp³-hybridized carbons (Fsp3) is 0.579. The Morgan fingerprint density at radius 2 is 1.79 bits per heavy atom. The van der Waals surface area contributed by atoms with Gasteiger partial charge in [-0.15, -0.1) is 0 Å². The van der Waals surface area contributed by atoms with Crippen molar-refractivity contribution >= 4 is 22.0 Å². The molecule has 29 heavy (non-hydrogen) atoms. The van der Waals surface area contributed by atoms with E-state index in [2.05, 4.69) is 5.32 Å². The smallest absolute Gasteiger partial charge is 0.323 e. The zero-order chi connectivity index (χ0) is 20.8. The van der Waals surface area contributed by atoms with E-state index >= 15 is 0 Å². The maximum atomic E-state index is 13.1. The SMILES string of the molecule is C[C@]1(C2CC2)NC(=O)N(CN2CCCN(S(=O)(=O)c3ccc(F)cc3)CC2)C1=O. The molecule has 2 saturated heterocycles. The number of imide groups is 1. The lowest BCUT2D eigenvalue weighted by Gasteiger charge is -2.26. The molecule has 0 spiro atoms. The van der Waals surface area contributed by atoms with Gasteiger partial charge in [-0.3, -0.25) is 9.69 Å². The Hall–Kier alpha value is -2.04. The van der Waals surface area contributed by atoms with E-state index in [1.54, 1.807) is 6.92 Å². The maximum Gasteiger partial charge on any atom is 0.326 e. The van der Waals surface area contributed by atoms with Gasteiger partial charge in [0.15, 0.2) is 0 Å². The molecule has 2 heterocycles. The van der Waals surface area contributed by atoms with Gasteiger partial charge < -0.3 is 5.32 Å². The van der Waals surface area contributed by atoms with Crippen LogP contribution in [0.25, 0.3) is 0 Å². The number of hydrogen-bond donors (Lipinski definition) is 1. The molecule has 1 atom stereocenters. The summed E-state index contributed by atoms with van der Waals surface area (Å²) in [6, 6.07) is 4.40. The highest BCUT2D eigenvalue weighted by molar-refractivity contribution is 7.89. The minimum absolute atomic E-state index is 0.0571. The normalized spacial score (nSPS) is 27.2. The van der Waals surface area contributed by atoms with Crippen LogP contribution in [0.3, 0.4) is 0 Å². The summed E-state index contributed by atoms with van der Waals surface area (Å²) in [7, 11) is -3.72. The van der Waals surface area contributed by atoms with Gasteiger partial charge in [-0.05, 0) is 56.4 Å². The van der Waals surface area contributed by atoms with Crippen LogP contribution in [0.4, 0.5) is 9.18 Å². The fourth-order valence-corrected chi connectivity index (χ4v) is 5.54. The van der Waals surface area contributed by atoms with Gasteiger partial charge in [0.25, 0.3) is 5.91 Å². The molecule has 10 heteroatoms. The topological polar surface area (TPSA) is 90.0 Å². The molecule has 158 valence electrons. The lowest BCUT2D eigenvalue weighted by Crippen LogP contribution is -2.47. The largest absolute Gasteiger partial charge is 0.326 e. The van der Waals surface area contributed by atoms with Crippen LogP contribution in [0, 0.1) is 11.7 Å². The van der Waals surface area contributed by atoms with Gasteiger partial charge in [-0.25, -0.2) is 22.5 Å². The van der Waals surface area contributed by atoms with Crippen LogP contribution in [0.1, 0.15) is 26.2 Å². The van der Waals surface area contributed by atoms with Gasteiger partial charge in [-0.2, -0.15) is 4.31 Å². The molecule has 0 bridgehead atoms. The molecule has 1 N–H and O–H groups in total. The first-order valence-electron chi connectivity index (χ1n) is 9.84. The number of nitrogens with zero attached hydrogens (tertiary/aromatic N) is 3. The highest BCUT2D eigenvalue weighted by Crippen LogP contribution is 2.42. The Labute approximate surface area is 169 Å². The summed E-state index contributed by atoms with van der Waals surface area (Å²) in [6.45, 7) is 3.48. The molecule has 1 aromatic carbocycles. The van der Waals surface area contributed by atoms with Gasteiger partial charge >= 0.3 is 6.03 Å². The van der Waals surface area contributed by atoms with Gasteiger partial charge in [0, 0.05) is 26.2 Å². The van der Waals surface area contributed by atoms with Crippen molar-refractivity contribution in [2.75, 3.05) is 32.8 Å². The van der Waals surface area contributed by atoms with Crippen LogP contribution in [-0.4, -0.2) is 72.8 Å². The van der Waals surface area contributed by atoms with E-state index in [4.69, 9.17) is 0 Å². The Bertz CT molecular complexity index is 919. The highest BCUT2D eigenvalue weighted by Gasteiger charge is 2.56. The Morgan fingerprint density at radius 3 is 2.45 bits per heavy atom. The molecule has 1 aliphatic carbocycles. The number of urea groups is 1. The minimum Gasteiger partial charge on any atom is -0.323 e. The van der Waals surface area contributed by atoms with Crippen molar-refractivity contribution < 1.29 is 22.4 Å². The first kappa shape index (κ1) is 20.2. The predicted octanol–water partition coefficient (Wildman–Crippen LogP) is 1.20. The number of hydrogen-bond acceptors (Lipinski definition) is 5. The fourth-order valence-electron chi connectivity index (χ4n) is 4.07. The number of benzene rings is 1. The lowest BCUT2D eigenvalue weighted by atomic mass is 9.96. The van der Waals surface area contributed by atoms with Gasteiger partial charge in [0.2, 0.25) is 10.0 Å². The zero-order valence-electron chi connectivity index (χ0n) is 16.3. The molecule has 8 nitrogen and oxygen atoms in total. The standard InChI is InChI=1S/C19H25FN4O4S/c1-19(14-3-4-14)17(25)24(18(26)21-19)13-22-9-2-10-23(12-11-22)29(27,28)16-7-5-15(20)6-8-16/h5-8,14H,2-4,9-13H2,1H3,(H,21,26)/t19-/m1/s1. The van der Waals surface area contributed by atoms with Crippen LogP contribution in [0.15, 0.2) is 29.2 Å². The van der Waals surface area contributed by atoms with Crippen molar-refractivity contribution in [3.05, 3.63) is 30.1 Å². The molecule has 0 radical (unpaired) electrons. The van der Waals surface area contributed by atoms with Gasteiger partial charge in [0.05, 0.1) is 11.6 Å². The van der Waals surface area contributed by atoms with Crippen molar-refractivity contribution in [1.29, 1.82) is 0 Å². The van der Waals surface area contributed by atoms with Crippen LogP contribution in [0.5, 0.6) is 0 Å². The number of nitrogens with one attached hydrogen (secondary N) is 1. The molecular formula is C19H25FN4O4S. The summed E-state index contributed by atoms with van der Waals surface area (Å²) in [6.07, 6.45) is 2.45. The average Bonchev–Trinajstić information content (AvgIpc) is 3.50. The second kappa shape index (κ2) is 7.33. The first-order chi connectivity index (χ1) is 13.7. The molecule has 3 aliphatic rings. The van der Waals surface area contributed by atoms with E-state index in [1.807, 2.05) is 4.90 Å². The van der Waals surface area contributed by atoms with E-state index in [0.717, 1.165) is 25.0 Å². The summed E-state index contributed by atoms with van der Waals surface area (Å²) in [5.41, 5.74) is -0.819. The molecule has 0 aromatic heterocycles. The summed E-state index contributed by atoms with van der Waals surface area (Å²) in [5, 5.41) is 2.83. The summed E-state index contributed by atoms with van der Waals surface area (Å²) in [5.74, 6) is -0.493. The number of halogens is 1. The van der Waals surface area contributed by atoms with Crippen molar-refractivity contribution in [3.63, 3.8) is 0 Å². The number of amides is 3. The van der Waals surface area contributed by atoms with E-state index in [0.29, 0.717) is 26.1 Å². The maximum absolute atomic E-state index is 13.1. The van der Waals surface area contributed by atoms with E-state index in [1.165, 1.54) is 21.3 Å². The van der Waals surface area contributed by atoms with Crippen molar-refractivity contribution in [1.82, 2.24) is 19.4 Å². The van der Waals surface area contributed by atoms with Crippen LogP contribution in [-0.2, 0) is 14.8 Å². The van der Waals surface area contributed by atoms with Crippen LogP contribution < -0.4 is 5.32 Å². The molecule has 3 amide bonds. The third kappa shape index (κ3) is 3.76. The number of sulfonamides is 1. The summed E-state index contributed by atoms with van der Waals surface area (Å²) in [4.78, 5) is 28.4. The van der Waals surface area contributed by atoms with Crippen molar-refractivity contribution in [2.45, 2.75) is 36.6 Å². The Morgan fingerprint density at radius 1 is 1.10 bits per heavy atom. The summed E-state index contributed by atoms with van der Waals surface area (Å²) < 4.78 is 40.2. The van der Waals surface area contributed by atoms with Gasteiger partial charge in [-0.1, -0.05) is 0 Å². The predicted molar refractivity (Wildman–Crippen MR) is 103 cm³/mol. The first-order valence-corrected chi connectivity index (χ1v) is 11.3. The minimum atomic E-state index is -3.72. The monoisotopic (exact) mass is 424 g/mol. The molecule has 4 rings (SSSR count). The van der Waals surface area contributed by atoms with Crippen LogP contribution >= 0.6 is 0 Å². The molecule has 1 saturated carbocycles. The van der Waals surface area contributed by atoms with E-state index < -0.39 is 21.4 Å². The Balaban J connectivity index is 1.41. The second-order valence-corrected chi connectivity index (χ2v) is 10.0. The zero-order valence-corrected chi connectivity index (χ0v) is 17.1. The van der Waals surface area contributed by atoms with Crippen molar-refractivity contribution in [2.24, 2.45) is 5.92 Å². The number of rotatable bonds is 5. The molecule has 2 aliphatic heterocycles. The average molecular weight is 424 g/mol. The Kier molecular flexibility index (Phi) is 5.12. The van der Waals surface area contributed by atoms with E-state index in [-0.39, 0.29) is 36.0 Å². The van der Waals surface area contributed by atoms with Crippen molar-refractivity contribution in [3.8, 4) is 0 Å². The second-order valence-electron chi connectivity index (χ2n) is 8.11. The number of carbonyl (C=O) groups is 2. The highest BCUT2D eigenvalue weighted by atomic mass is 32.2. The molecule has 3 fully saturated rings. The van der Waals surface area contributed by atoms with Crippen LogP contribution in [0.2, 0.25) is 0 Å². The quantitative estimate of drug-likeness (QED) is 0.718. The third-order valence-corrected chi connectivity index (χ3v) is 7.95. The number of carbonyl (C=O) groups excluding carboxylic acids is 2. The summed E-state index contributed by atoms with van der Waals surface area (Å²) >= 11 is 0. The molecular weight excluding hydrogens is 399 g/mol. The molecule has 0 unspecified atom stereocenters. The molecule has 1 aromatic rings. The van der Waals surface area contributed by atoms with Gasteiger partial charge in [0.1, 0.15) is 11.4 Å². The lowest BCUT2D eigenvalue weighted by molar-refractivity contribution is -0.132. The third-order valence-electron chi connectivity index (χ3n) is 6.04. The van der Waals surface area contributed by atoms with E-state index in [9.17, 15) is 22.4 Å².